The zero-order valence-electron chi connectivity index (χ0n) is 17.2. The molecular weight excluding hydrogens is 366 g/mol. The highest BCUT2D eigenvalue weighted by Crippen LogP contribution is 2.35. The van der Waals surface area contributed by atoms with Crippen molar-refractivity contribution < 1.29 is 14.3 Å². The summed E-state index contributed by atoms with van der Waals surface area (Å²) in [5.41, 5.74) is 13.1. The van der Waals surface area contributed by atoms with Gasteiger partial charge in [-0.1, -0.05) is 26.0 Å². The molecule has 0 aliphatic carbocycles. The quantitative estimate of drug-likeness (QED) is 0.754. The van der Waals surface area contributed by atoms with Crippen LogP contribution in [0.5, 0.6) is 11.5 Å². The van der Waals surface area contributed by atoms with Crippen molar-refractivity contribution >= 4 is 17.2 Å². The number of primary amides is 1. The monoisotopic (exact) mass is 393 g/mol. The van der Waals surface area contributed by atoms with E-state index in [1.54, 1.807) is 20.4 Å². The predicted molar refractivity (Wildman–Crippen MR) is 115 cm³/mol. The van der Waals surface area contributed by atoms with Crippen LogP contribution < -0.4 is 20.6 Å². The lowest BCUT2D eigenvalue weighted by Crippen LogP contribution is -2.40. The lowest BCUT2D eigenvalue weighted by molar-refractivity contribution is -0.114. The summed E-state index contributed by atoms with van der Waals surface area (Å²) in [4.78, 5) is 12.4. The number of hydrazine groups is 1. The van der Waals surface area contributed by atoms with Crippen molar-refractivity contribution in [1.82, 2.24) is 10.4 Å². The molecule has 3 rings (SSSR count). The Hall–Kier alpha value is -3.41. The third-order valence-corrected chi connectivity index (χ3v) is 4.64. The average molecular weight is 393 g/mol. The largest absolute Gasteiger partial charge is 0.497 e. The summed E-state index contributed by atoms with van der Waals surface area (Å²) in [7, 11) is 3.26. The van der Waals surface area contributed by atoms with Gasteiger partial charge in [-0.25, -0.2) is 0 Å². The number of ether oxygens (including phenoxy) is 2. The maximum absolute atomic E-state index is 12.4. The summed E-state index contributed by atoms with van der Waals surface area (Å²) in [5.74, 6) is 1.43. The van der Waals surface area contributed by atoms with Crippen molar-refractivity contribution in [1.29, 1.82) is 0 Å². The topological polar surface area (TPSA) is 76.8 Å². The molecule has 29 heavy (non-hydrogen) atoms. The molecule has 6 nitrogen and oxygen atoms in total. The molecule has 2 aromatic carbocycles. The fourth-order valence-electron chi connectivity index (χ4n) is 3.29. The van der Waals surface area contributed by atoms with E-state index in [0.29, 0.717) is 11.5 Å². The number of nitrogens with one attached hydrogen (secondary N) is 1. The van der Waals surface area contributed by atoms with E-state index in [1.807, 2.05) is 53.5 Å². The molecule has 1 aliphatic heterocycles. The molecule has 0 spiro atoms. The number of carbonyl (C=O) groups excluding carboxylic acids is 1. The molecule has 3 N–H and O–H groups in total. The van der Waals surface area contributed by atoms with Gasteiger partial charge in [0, 0.05) is 23.9 Å². The van der Waals surface area contributed by atoms with Gasteiger partial charge in [-0.05, 0) is 47.9 Å². The van der Waals surface area contributed by atoms with E-state index in [2.05, 4.69) is 19.3 Å². The first-order valence-electron chi connectivity index (χ1n) is 9.51. The molecule has 1 heterocycles. The van der Waals surface area contributed by atoms with E-state index in [4.69, 9.17) is 15.2 Å². The van der Waals surface area contributed by atoms with E-state index in [0.717, 1.165) is 40.4 Å². The van der Waals surface area contributed by atoms with Crippen LogP contribution in [0.25, 0.3) is 11.3 Å². The van der Waals surface area contributed by atoms with Gasteiger partial charge in [0.25, 0.3) is 5.91 Å². The molecule has 1 aliphatic rings. The minimum Gasteiger partial charge on any atom is -0.497 e. The van der Waals surface area contributed by atoms with Gasteiger partial charge in [0.15, 0.2) is 0 Å². The first-order valence-corrected chi connectivity index (χ1v) is 9.51. The van der Waals surface area contributed by atoms with E-state index in [-0.39, 0.29) is 0 Å². The lowest BCUT2D eigenvalue weighted by Gasteiger charge is -2.33. The van der Waals surface area contributed by atoms with Gasteiger partial charge >= 0.3 is 0 Å². The van der Waals surface area contributed by atoms with Crippen molar-refractivity contribution in [3.63, 3.8) is 0 Å². The number of hydrogen-bond acceptors (Lipinski definition) is 5. The van der Waals surface area contributed by atoms with E-state index in [9.17, 15) is 4.79 Å². The summed E-state index contributed by atoms with van der Waals surface area (Å²) in [5, 5.41) is 1.91. The van der Waals surface area contributed by atoms with Gasteiger partial charge in [0.2, 0.25) is 0 Å². The van der Waals surface area contributed by atoms with Crippen molar-refractivity contribution in [2.75, 3.05) is 20.8 Å². The Bertz CT molecular complexity index is 929. The lowest BCUT2D eigenvalue weighted by atomic mass is 9.91. The van der Waals surface area contributed by atoms with Gasteiger partial charge in [0.05, 0.1) is 25.5 Å². The van der Waals surface area contributed by atoms with Crippen LogP contribution in [0.4, 0.5) is 0 Å². The standard InChI is InChI=1S/C23H27N3O3/c1-15(2)13-26-14-20(23(24)27)21(16-5-9-18(28-3)10-6-16)22(25-26)17-7-11-19(29-4)12-8-17/h5-12,14-15,25H,13H2,1-4H3,(H2,24,27). The second-order valence-electron chi connectivity index (χ2n) is 7.27. The molecule has 152 valence electrons. The van der Waals surface area contributed by atoms with Crippen LogP contribution in [0, 0.1) is 5.92 Å². The number of benzene rings is 2. The fourth-order valence-corrected chi connectivity index (χ4v) is 3.29. The molecular formula is C23H27N3O3. The zero-order valence-corrected chi connectivity index (χ0v) is 17.2. The molecule has 0 saturated carbocycles. The molecule has 0 saturated heterocycles. The SMILES string of the molecule is COc1ccc(C2=C(c3ccc(OC)cc3)C(C(N)=O)=CN(CC(C)C)N2)cc1. The van der Waals surface area contributed by atoms with Crippen LogP contribution in [0.2, 0.25) is 0 Å². The van der Waals surface area contributed by atoms with E-state index in [1.165, 1.54) is 0 Å². The Labute approximate surface area is 171 Å². The van der Waals surface area contributed by atoms with Crippen LogP contribution in [-0.4, -0.2) is 31.7 Å². The predicted octanol–water partition coefficient (Wildman–Crippen LogP) is 3.42. The molecule has 0 atom stereocenters. The van der Waals surface area contributed by atoms with Crippen molar-refractivity contribution in [2.24, 2.45) is 11.7 Å². The van der Waals surface area contributed by atoms with Crippen molar-refractivity contribution in [3.05, 3.63) is 71.4 Å². The number of amides is 1. The van der Waals surface area contributed by atoms with Crippen molar-refractivity contribution in [2.45, 2.75) is 13.8 Å². The summed E-state index contributed by atoms with van der Waals surface area (Å²) >= 11 is 0. The molecule has 0 aromatic heterocycles. The third-order valence-electron chi connectivity index (χ3n) is 4.64. The van der Waals surface area contributed by atoms with Crippen LogP contribution >= 0.6 is 0 Å². The Balaban J connectivity index is 2.17. The maximum Gasteiger partial charge on any atom is 0.250 e. The number of nitrogens with two attached hydrogens (primary N) is 1. The van der Waals surface area contributed by atoms with Crippen LogP contribution in [0.15, 0.2) is 60.3 Å². The minimum atomic E-state index is -0.475. The van der Waals surface area contributed by atoms with E-state index < -0.39 is 5.91 Å². The maximum atomic E-state index is 12.4. The summed E-state index contributed by atoms with van der Waals surface area (Å²) in [6, 6.07) is 15.3. The first-order chi connectivity index (χ1) is 13.9. The Morgan fingerprint density at radius 2 is 1.48 bits per heavy atom. The average Bonchev–Trinajstić information content (AvgIpc) is 2.73. The van der Waals surface area contributed by atoms with Crippen LogP contribution in [-0.2, 0) is 4.79 Å². The van der Waals surface area contributed by atoms with E-state index >= 15 is 0 Å². The fraction of sp³-hybridized carbons (Fsp3) is 0.261. The molecule has 2 aromatic rings. The summed E-state index contributed by atoms with van der Waals surface area (Å²) < 4.78 is 10.5. The third kappa shape index (κ3) is 4.54. The Morgan fingerprint density at radius 3 is 1.93 bits per heavy atom. The van der Waals surface area contributed by atoms with Crippen LogP contribution in [0.3, 0.4) is 0 Å². The number of carbonyl (C=O) groups is 1. The molecule has 0 unspecified atom stereocenters. The zero-order chi connectivity index (χ0) is 21.0. The van der Waals surface area contributed by atoms with Gasteiger partial charge in [0.1, 0.15) is 11.5 Å². The highest BCUT2D eigenvalue weighted by atomic mass is 16.5. The first kappa shape index (κ1) is 20.3. The molecule has 0 bridgehead atoms. The Kier molecular flexibility index (Phi) is 6.12. The number of nitrogens with zero attached hydrogens (tertiary/aromatic N) is 1. The highest BCUT2D eigenvalue weighted by molar-refractivity contribution is 6.14. The highest BCUT2D eigenvalue weighted by Gasteiger charge is 2.26. The Morgan fingerprint density at radius 1 is 0.966 bits per heavy atom. The van der Waals surface area contributed by atoms with Gasteiger partial charge in [-0.3, -0.25) is 15.2 Å². The molecule has 0 fully saturated rings. The van der Waals surface area contributed by atoms with Crippen LogP contribution in [0.1, 0.15) is 25.0 Å². The molecule has 1 amide bonds. The van der Waals surface area contributed by atoms with Gasteiger partial charge in [-0.15, -0.1) is 0 Å². The number of methoxy groups -OCH3 is 2. The van der Waals surface area contributed by atoms with Crippen molar-refractivity contribution in [3.8, 4) is 11.5 Å². The van der Waals surface area contributed by atoms with Gasteiger partial charge in [-0.2, -0.15) is 0 Å². The number of hydrogen-bond donors (Lipinski definition) is 2. The molecule has 0 radical (unpaired) electrons. The number of rotatable bonds is 7. The second-order valence-corrected chi connectivity index (χ2v) is 7.27. The normalized spacial score (nSPS) is 13.8. The summed E-state index contributed by atoms with van der Waals surface area (Å²) in [6.07, 6.45) is 1.79. The molecule has 6 heteroatoms. The minimum absolute atomic E-state index is 0.396. The van der Waals surface area contributed by atoms with Gasteiger partial charge < -0.3 is 15.2 Å². The second kappa shape index (κ2) is 8.73. The smallest absolute Gasteiger partial charge is 0.250 e. The summed E-state index contributed by atoms with van der Waals surface area (Å²) in [6.45, 7) is 4.97.